The number of aliphatic hydroxyl groups is 1. The predicted molar refractivity (Wildman–Crippen MR) is 134 cm³/mol. The van der Waals surface area contributed by atoms with Gasteiger partial charge in [-0.1, -0.05) is 12.1 Å². The lowest BCUT2D eigenvalue weighted by Gasteiger charge is -2.64. The summed E-state index contributed by atoms with van der Waals surface area (Å²) in [5, 5.41) is 27.7. The van der Waals surface area contributed by atoms with Gasteiger partial charge in [-0.2, -0.15) is 0 Å². The van der Waals surface area contributed by atoms with Crippen LogP contribution in [0.25, 0.3) is 10.9 Å². The zero-order valence-electron chi connectivity index (χ0n) is 20.2. The first-order valence-electron chi connectivity index (χ1n) is 13.3. The Kier molecular flexibility index (Phi) is 4.13. The van der Waals surface area contributed by atoms with Crippen LogP contribution in [0.4, 0.5) is 0 Å². The van der Waals surface area contributed by atoms with E-state index in [0.29, 0.717) is 24.2 Å². The lowest BCUT2D eigenvalue weighted by Crippen LogP contribution is -2.78. The van der Waals surface area contributed by atoms with Crippen molar-refractivity contribution in [1.82, 2.24) is 15.2 Å². The monoisotopic (exact) mass is 485 g/mol. The van der Waals surface area contributed by atoms with Crippen molar-refractivity contribution in [3.05, 3.63) is 59.3 Å². The number of carbonyl (C=O) groups excluding carboxylic acids is 1. The molecule has 3 fully saturated rings. The number of rotatable bonds is 4. The van der Waals surface area contributed by atoms with Crippen LogP contribution in [0.3, 0.4) is 0 Å². The van der Waals surface area contributed by atoms with Gasteiger partial charge in [-0.25, -0.2) is 0 Å². The first kappa shape index (κ1) is 21.1. The predicted octanol–water partition coefficient (Wildman–Crippen LogP) is 3.24. The van der Waals surface area contributed by atoms with Crippen molar-refractivity contribution in [3.63, 3.8) is 0 Å². The van der Waals surface area contributed by atoms with Gasteiger partial charge in [0.2, 0.25) is 0 Å². The fourth-order valence-corrected chi connectivity index (χ4v) is 8.07. The smallest absolute Gasteiger partial charge is 0.251 e. The van der Waals surface area contributed by atoms with Gasteiger partial charge in [0.05, 0.1) is 17.1 Å². The number of aromatic hydroxyl groups is 1. The molecule has 3 aromatic rings. The molecule has 2 bridgehead atoms. The van der Waals surface area contributed by atoms with E-state index in [4.69, 9.17) is 4.74 Å². The number of hydrogen-bond acceptors (Lipinski definition) is 5. The highest BCUT2D eigenvalue weighted by molar-refractivity contribution is 5.98. The van der Waals surface area contributed by atoms with Crippen LogP contribution in [0.15, 0.2) is 42.6 Å². The molecular formula is C29H31N3O4. The van der Waals surface area contributed by atoms with Gasteiger partial charge >= 0.3 is 0 Å². The molecule has 1 amide bonds. The van der Waals surface area contributed by atoms with E-state index in [-0.39, 0.29) is 23.7 Å². The number of carbonyl (C=O) groups is 1. The summed E-state index contributed by atoms with van der Waals surface area (Å²) >= 11 is 0. The van der Waals surface area contributed by atoms with E-state index in [9.17, 15) is 15.0 Å². The number of phenols is 1. The van der Waals surface area contributed by atoms with Gasteiger partial charge in [0, 0.05) is 35.4 Å². The SMILES string of the molecule is O=C(N[C@H]1CC[C@@]2(O)[C@H]3Cc4ccc(O)c5c4[C@@]2(CCN3CC2CC2)[C@H]1O5)c1ccc2cc[nH]c2c1. The highest BCUT2D eigenvalue weighted by Crippen LogP contribution is 2.65. The van der Waals surface area contributed by atoms with E-state index in [0.717, 1.165) is 48.3 Å². The molecule has 36 heavy (non-hydrogen) atoms. The Labute approximate surface area is 209 Å². The Bertz CT molecular complexity index is 1410. The first-order valence-corrected chi connectivity index (χ1v) is 13.3. The number of amides is 1. The summed E-state index contributed by atoms with van der Waals surface area (Å²) in [5.74, 6) is 1.25. The largest absolute Gasteiger partial charge is 0.504 e. The summed E-state index contributed by atoms with van der Waals surface area (Å²) in [6, 6.07) is 11.2. The second kappa shape index (κ2) is 7.05. The average molecular weight is 486 g/mol. The zero-order chi connectivity index (χ0) is 24.2. The number of H-pyrrole nitrogens is 1. The summed E-state index contributed by atoms with van der Waals surface area (Å²) in [7, 11) is 0. The number of piperidine rings is 1. The minimum Gasteiger partial charge on any atom is -0.504 e. The maximum Gasteiger partial charge on any atom is 0.251 e. The molecule has 4 N–H and O–H groups in total. The molecule has 1 spiro atoms. The van der Waals surface area contributed by atoms with Crippen molar-refractivity contribution >= 4 is 16.8 Å². The second-order valence-corrected chi connectivity index (χ2v) is 11.7. The van der Waals surface area contributed by atoms with Gasteiger partial charge in [-0.15, -0.1) is 0 Å². The van der Waals surface area contributed by atoms with Crippen LogP contribution in [-0.4, -0.2) is 62.9 Å². The molecule has 2 aromatic carbocycles. The fourth-order valence-electron chi connectivity index (χ4n) is 8.07. The van der Waals surface area contributed by atoms with Gasteiger partial charge < -0.3 is 25.3 Å². The number of fused-ring (bicyclic) bond motifs is 1. The number of phenolic OH excluding ortho intramolecular Hbond substituents is 1. The van der Waals surface area contributed by atoms with Crippen molar-refractivity contribution in [1.29, 1.82) is 0 Å². The van der Waals surface area contributed by atoms with Crippen molar-refractivity contribution in [3.8, 4) is 11.5 Å². The van der Waals surface area contributed by atoms with Gasteiger partial charge in [0.15, 0.2) is 11.5 Å². The first-order chi connectivity index (χ1) is 17.5. The van der Waals surface area contributed by atoms with Crippen molar-refractivity contribution < 1.29 is 19.7 Å². The van der Waals surface area contributed by atoms with Crippen LogP contribution in [-0.2, 0) is 11.8 Å². The molecule has 0 radical (unpaired) electrons. The summed E-state index contributed by atoms with van der Waals surface area (Å²) in [4.78, 5) is 19.1. The highest BCUT2D eigenvalue weighted by atomic mass is 16.5. The second-order valence-electron chi connectivity index (χ2n) is 11.7. The van der Waals surface area contributed by atoms with Crippen LogP contribution in [0.1, 0.15) is 53.6 Å². The fraction of sp³-hybridized carbons (Fsp3) is 0.483. The molecule has 7 heteroatoms. The number of aromatic nitrogens is 1. The average Bonchev–Trinajstić information content (AvgIpc) is 3.42. The third-order valence-electron chi connectivity index (χ3n) is 9.90. The maximum absolute atomic E-state index is 13.4. The van der Waals surface area contributed by atoms with Crippen LogP contribution in [0, 0.1) is 5.92 Å². The molecule has 8 rings (SSSR count). The van der Waals surface area contributed by atoms with E-state index >= 15 is 0 Å². The third kappa shape index (κ3) is 2.62. The Hall–Kier alpha value is -3.03. The lowest BCUT2D eigenvalue weighted by atomic mass is 9.48. The molecule has 186 valence electrons. The molecule has 7 nitrogen and oxygen atoms in total. The van der Waals surface area contributed by atoms with E-state index in [2.05, 4.69) is 15.2 Å². The van der Waals surface area contributed by atoms with Gasteiger partial charge in [-0.3, -0.25) is 9.69 Å². The number of hydrogen-bond donors (Lipinski definition) is 4. The van der Waals surface area contributed by atoms with Crippen LogP contribution >= 0.6 is 0 Å². The summed E-state index contributed by atoms with van der Waals surface area (Å²) in [5.41, 5.74) is 2.12. The van der Waals surface area contributed by atoms with E-state index in [1.54, 1.807) is 6.07 Å². The lowest BCUT2D eigenvalue weighted by molar-refractivity contribution is -0.191. The Morgan fingerprint density at radius 1 is 1.17 bits per heavy atom. The molecule has 5 aliphatic rings. The topological polar surface area (TPSA) is 97.8 Å². The van der Waals surface area contributed by atoms with Gasteiger partial charge in [0.1, 0.15) is 6.10 Å². The zero-order valence-corrected chi connectivity index (χ0v) is 20.2. The quantitative estimate of drug-likeness (QED) is 0.455. The Balaban J connectivity index is 1.18. The number of likely N-dealkylation sites (tertiary alicyclic amines) is 1. The van der Waals surface area contributed by atoms with E-state index in [1.165, 1.54) is 18.4 Å². The number of ether oxygens (including phenoxy) is 1. The third-order valence-corrected chi connectivity index (χ3v) is 9.90. The van der Waals surface area contributed by atoms with Crippen LogP contribution in [0.2, 0.25) is 0 Å². The van der Waals surface area contributed by atoms with Crippen molar-refractivity contribution in [2.45, 2.75) is 67.7 Å². The minimum absolute atomic E-state index is 0.0351. The number of aromatic amines is 1. The molecule has 5 atom stereocenters. The standard InChI is InChI=1S/C29H31N3O4/c33-22-6-5-18-14-23-29(35)9-7-20(31-27(34)19-4-3-17-8-11-30-21(17)13-19)26-28(29,24(18)25(22)36-26)10-12-32(23)15-16-1-2-16/h3-6,8,11,13,16,20,23,26,30,33,35H,1-2,7,9-10,12,14-15H2,(H,31,34)/t20-,23+,26-,28-,29+/m0/s1. The molecule has 1 saturated heterocycles. The highest BCUT2D eigenvalue weighted by Gasteiger charge is 2.73. The molecular weight excluding hydrogens is 454 g/mol. The van der Waals surface area contributed by atoms with Crippen molar-refractivity contribution in [2.75, 3.05) is 13.1 Å². The number of nitrogens with one attached hydrogen (secondary N) is 2. The summed E-state index contributed by atoms with van der Waals surface area (Å²) in [6.45, 7) is 1.96. The Morgan fingerprint density at radius 3 is 2.92 bits per heavy atom. The summed E-state index contributed by atoms with van der Waals surface area (Å²) in [6.07, 6.45) is 6.81. The molecule has 3 aliphatic carbocycles. The minimum atomic E-state index is -0.943. The summed E-state index contributed by atoms with van der Waals surface area (Å²) < 4.78 is 6.56. The molecule has 2 saturated carbocycles. The van der Waals surface area contributed by atoms with Gasteiger partial charge in [0.25, 0.3) is 5.91 Å². The van der Waals surface area contributed by atoms with E-state index < -0.39 is 17.1 Å². The van der Waals surface area contributed by atoms with Gasteiger partial charge in [-0.05, 0) is 86.2 Å². The number of nitrogens with zero attached hydrogens (tertiary/aromatic N) is 1. The van der Waals surface area contributed by atoms with Crippen molar-refractivity contribution in [2.24, 2.45) is 5.92 Å². The number of benzene rings is 2. The van der Waals surface area contributed by atoms with Crippen LogP contribution < -0.4 is 10.1 Å². The molecule has 0 unspecified atom stereocenters. The Morgan fingerprint density at radius 2 is 2.06 bits per heavy atom. The molecule has 1 aromatic heterocycles. The molecule has 3 heterocycles. The van der Waals surface area contributed by atoms with E-state index in [1.807, 2.05) is 36.5 Å². The normalized spacial score (nSPS) is 34.3. The maximum atomic E-state index is 13.4. The van der Waals surface area contributed by atoms with Crippen LogP contribution in [0.5, 0.6) is 11.5 Å². The molecule has 2 aliphatic heterocycles.